The maximum atomic E-state index is 12.8. The topological polar surface area (TPSA) is 88.6 Å². The van der Waals surface area contributed by atoms with Crippen LogP contribution >= 0.6 is 23.2 Å². The Morgan fingerprint density at radius 3 is 2.62 bits per heavy atom. The van der Waals surface area contributed by atoms with E-state index in [1.54, 1.807) is 18.2 Å². The molecule has 32 heavy (non-hydrogen) atoms. The first-order valence-corrected chi connectivity index (χ1v) is 12.2. The number of sulfonamides is 1. The summed E-state index contributed by atoms with van der Waals surface area (Å²) in [5.74, 6) is -0.206. The molecule has 7 nitrogen and oxygen atoms in total. The first-order valence-electron chi connectivity index (χ1n) is 10.0. The Balaban J connectivity index is 1.49. The van der Waals surface area contributed by atoms with Gasteiger partial charge in [-0.05, 0) is 56.2 Å². The van der Waals surface area contributed by atoms with Crippen molar-refractivity contribution in [3.63, 3.8) is 0 Å². The number of nitrogens with zero attached hydrogens (tertiary/aromatic N) is 2. The molecule has 0 radical (unpaired) electrons. The normalized spacial score (nSPS) is 14.6. The van der Waals surface area contributed by atoms with Crippen molar-refractivity contribution < 1.29 is 17.9 Å². The van der Waals surface area contributed by atoms with Gasteiger partial charge in [0.15, 0.2) is 12.4 Å². The predicted octanol–water partition coefficient (Wildman–Crippen LogP) is 4.65. The number of amides is 1. The maximum absolute atomic E-state index is 12.8. The van der Waals surface area contributed by atoms with Gasteiger partial charge in [-0.3, -0.25) is 4.79 Å². The first-order chi connectivity index (χ1) is 15.3. The monoisotopic (exact) mass is 493 g/mol. The van der Waals surface area contributed by atoms with Crippen LogP contribution in [0.1, 0.15) is 18.5 Å². The molecule has 1 aliphatic heterocycles. The quantitative estimate of drug-likeness (QED) is 0.539. The number of aromatic nitrogens is 1. The van der Waals surface area contributed by atoms with Crippen LogP contribution in [0.2, 0.25) is 10.0 Å². The Bertz CT molecular complexity index is 1290. The summed E-state index contributed by atoms with van der Waals surface area (Å²) < 4.78 is 32.7. The molecule has 0 aliphatic carbocycles. The Morgan fingerprint density at radius 2 is 1.88 bits per heavy atom. The second-order valence-electron chi connectivity index (χ2n) is 7.49. The molecule has 0 spiro atoms. The summed E-state index contributed by atoms with van der Waals surface area (Å²) in [6, 6.07) is 11.4. The van der Waals surface area contributed by atoms with Gasteiger partial charge in [0.1, 0.15) is 5.52 Å². The molecule has 1 amide bonds. The highest BCUT2D eigenvalue weighted by atomic mass is 35.5. The predicted molar refractivity (Wildman–Crippen MR) is 125 cm³/mol. The fourth-order valence-corrected chi connectivity index (χ4v) is 5.71. The van der Waals surface area contributed by atoms with Gasteiger partial charge >= 0.3 is 0 Å². The van der Waals surface area contributed by atoms with E-state index in [2.05, 4.69) is 10.3 Å². The summed E-state index contributed by atoms with van der Waals surface area (Å²) in [6.45, 7) is 2.51. The Hall–Kier alpha value is -2.39. The SMILES string of the molecule is Cc1ccc2c(Cl)cc(Cl)c(OCC(=O)Nc3cccc(S(=O)(=O)N4CCCC4)c3)c2n1. The largest absolute Gasteiger partial charge is 0.480 e. The number of nitrogens with one attached hydrogen (secondary N) is 1. The van der Waals surface area contributed by atoms with Gasteiger partial charge in [-0.2, -0.15) is 4.31 Å². The lowest BCUT2D eigenvalue weighted by molar-refractivity contribution is -0.118. The summed E-state index contributed by atoms with van der Waals surface area (Å²) in [7, 11) is -3.58. The number of carbonyl (C=O) groups is 1. The van der Waals surface area contributed by atoms with E-state index in [4.69, 9.17) is 27.9 Å². The number of carbonyl (C=O) groups excluding carboxylic acids is 1. The maximum Gasteiger partial charge on any atom is 0.262 e. The molecule has 1 fully saturated rings. The minimum atomic E-state index is -3.58. The molecule has 1 N–H and O–H groups in total. The van der Waals surface area contributed by atoms with E-state index in [-0.39, 0.29) is 22.3 Å². The fourth-order valence-electron chi connectivity index (χ4n) is 3.57. The molecule has 1 aromatic heterocycles. The van der Waals surface area contributed by atoms with E-state index in [1.807, 2.05) is 19.1 Å². The average molecular weight is 494 g/mol. The molecule has 168 valence electrons. The summed E-state index contributed by atoms with van der Waals surface area (Å²) in [4.78, 5) is 17.1. The van der Waals surface area contributed by atoms with E-state index in [0.29, 0.717) is 34.7 Å². The van der Waals surface area contributed by atoms with Crippen molar-refractivity contribution in [2.24, 2.45) is 0 Å². The van der Waals surface area contributed by atoms with Gasteiger partial charge in [-0.1, -0.05) is 29.3 Å². The van der Waals surface area contributed by atoms with Crippen LogP contribution in [0.3, 0.4) is 0 Å². The molecule has 0 unspecified atom stereocenters. The highest BCUT2D eigenvalue weighted by Gasteiger charge is 2.27. The second-order valence-corrected chi connectivity index (χ2v) is 10.2. The van der Waals surface area contributed by atoms with Crippen LogP contribution in [0.15, 0.2) is 47.4 Å². The Kier molecular flexibility index (Phi) is 6.57. The third kappa shape index (κ3) is 4.68. The lowest BCUT2D eigenvalue weighted by Crippen LogP contribution is -2.28. The number of anilines is 1. The van der Waals surface area contributed by atoms with Crippen molar-refractivity contribution in [2.75, 3.05) is 25.0 Å². The minimum absolute atomic E-state index is 0.143. The standard InChI is InChI=1S/C22H21Cl2N3O4S/c1-14-7-8-17-18(23)12-19(24)22(21(17)25-14)31-13-20(28)26-15-5-4-6-16(11-15)32(29,30)27-9-2-3-10-27/h4-8,11-12H,2-3,9-10,13H2,1H3,(H,26,28). The van der Waals surface area contributed by atoms with E-state index in [0.717, 1.165) is 18.5 Å². The van der Waals surface area contributed by atoms with Gasteiger partial charge in [0.05, 0.1) is 14.9 Å². The number of rotatable bonds is 6. The van der Waals surface area contributed by atoms with Crippen molar-refractivity contribution in [1.29, 1.82) is 0 Å². The van der Waals surface area contributed by atoms with Crippen molar-refractivity contribution in [2.45, 2.75) is 24.7 Å². The van der Waals surface area contributed by atoms with E-state index in [1.165, 1.54) is 16.4 Å². The number of ether oxygens (including phenoxy) is 1. The van der Waals surface area contributed by atoms with E-state index in [9.17, 15) is 13.2 Å². The van der Waals surface area contributed by atoms with Crippen molar-refractivity contribution in [1.82, 2.24) is 9.29 Å². The highest BCUT2D eigenvalue weighted by molar-refractivity contribution is 7.89. The van der Waals surface area contributed by atoms with Gasteiger partial charge in [-0.15, -0.1) is 0 Å². The van der Waals surface area contributed by atoms with Gasteiger partial charge < -0.3 is 10.1 Å². The summed E-state index contributed by atoms with van der Waals surface area (Å²) in [5.41, 5.74) is 1.58. The van der Waals surface area contributed by atoms with E-state index < -0.39 is 15.9 Å². The van der Waals surface area contributed by atoms with Crippen LogP contribution in [0.25, 0.3) is 10.9 Å². The highest BCUT2D eigenvalue weighted by Crippen LogP contribution is 2.37. The molecule has 0 saturated carbocycles. The number of fused-ring (bicyclic) bond motifs is 1. The lowest BCUT2D eigenvalue weighted by Gasteiger charge is -2.16. The minimum Gasteiger partial charge on any atom is -0.480 e. The van der Waals surface area contributed by atoms with Crippen molar-refractivity contribution >= 4 is 55.7 Å². The number of hydrogen-bond donors (Lipinski definition) is 1. The van der Waals surface area contributed by atoms with Crippen molar-refractivity contribution in [3.05, 3.63) is 58.2 Å². The molecule has 3 aromatic rings. The second kappa shape index (κ2) is 9.23. The third-order valence-corrected chi connectivity index (χ3v) is 7.63. The lowest BCUT2D eigenvalue weighted by atomic mass is 10.2. The number of aryl methyl sites for hydroxylation is 1. The number of benzene rings is 2. The Labute approximate surface area is 196 Å². The molecule has 10 heteroatoms. The molecule has 2 heterocycles. The van der Waals surface area contributed by atoms with Crippen LogP contribution in [-0.2, 0) is 14.8 Å². The number of halogens is 2. The van der Waals surface area contributed by atoms with Gasteiger partial charge in [0.2, 0.25) is 10.0 Å². The zero-order valence-electron chi connectivity index (χ0n) is 17.3. The Morgan fingerprint density at radius 1 is 1.12 bits per heavy atom. The molecule has 2 aromatic carbocycles. The fraction of sp³-hybridized carbons (Fsp3) is 0.273. The van der Waals surface area contributed by atoms with Crippen LogP contribution in [0.4, 0.5) is 5.69 Å². The molecule has 0 bridgehead atoms. The van der Waals surface area contributed by atoms with E-state index >= 15 is 0 Å². The van der Waals surface area contributed by atoms with Crippen LogP contribution in [-0.4, -0.2) is 43.3 Å². The van der Waals surface area contributed by atoms with Gasteiger partial charge in [0, 0.05) is 29.9 Å². The van der Waals surface area contributed by atoms with Gasteiger partial charge in [-0.25, -0.2) is 13.4 Å². The van der Waals surface area contributed by atoms with Gasteiger partial charge in [0.25, 0.3) is 5.91 Å². The summed E-state index contributed by atoms with van der Waals surface area (Å²) in [6.07, 6.45) is 1.70. The molecule has 1 saturated heterocycles. The molecule has 1 aliphatic rings. The summed E-state index contributed by atoms with van der Waals surface area (Å²) >= 11 is 12.5. The third-order valence-electron chi connectivity index (χ3n) is 5.15. The first kappa shape index (κ1) is 22.8. The molecular weight excluding hydrogens is 473 g/mol. The average Bonchev–Trinajstić information content (AvgIpc) is 3.29. The van der Waals surface area contributed by atoms with Crippen molar-refractivity contribution in [3.8, 4) is 5.75 Å². The zero-order valence-corrected chi connectivity index (χ0v) is 19.6. The van der Waals surface area contributed by atoms with Crippen LogP contribution in [0.5, 0.6) is 5.75 Å². The zero-order chi connectivity index (χ0) is 22.9. The summed E-state index contributed by atoms with van der Waals surface area (Å²) in [5, 5.41) is 4.01. The number of pyridine rings is 1. The number of hydrogen-bond acceptors (Lipinski definition) is 5. The smallest absolute Gasteiger partial charge is 0.262 e. The molecule has 4 rings (SSSR count). The molecular formula is C22H21Cl2N3O4S. The van der Waals surface area contributed by atoms with Crippen LogP contribution in [0, 0.1) is 6.92 Å². The van der Waals surface area contributed by atoms with Crippen LogP contribution < -0.4 is 10.1 Å². The molecule has 0 atom stereocenters.